The van der Waals surface area contributed by atoms with Crippen LogP contribution in [-0.4, -0.2) is 22.6 Å². The number of anilines is 2. The molecule has 0 atom stereocenters. The van der Waals surface area contributed by atoms with Crippen LogP contribution in [0.3, 0.4) is 0 Å². The molecule has 7 heteroatoms. The van der Waals surface area contributed by atoms with Crippen LogP contribution in [0, 0.1) is 17.6 Å². The monoisotopic (exact) mass is 320 g/mol. The van der Waals surface area contributed by atoms with E-state index >= 15 is 0 Å². The minimum Gasteiger partial charge on any atom is -0.351 e. The zero-order valence-electron chi connectivity index (χ0n) is 12.9. The topological polar surface area (TPSA) is 66.9 Å². The predicted octanol–water partition coefficient (Wildman–Crippen LogP) is 3.27. The van der Waals surface area contributed by atoms with Crippen LogP contribution in [0.15, 0.2) is 30.3 Å². The van der Waals surface area contributed by atoms with Crippen molar-refractivity contribution in [1.29, 1.82) is 0 Å². The van der Waals surface area contributed by atoms with Crippen molar-refractivity contribution in [3.63, 3.8) is 0 Å². The van der Waals surface area contributed by atoms with Crippen molar-refractivity contribution < 1.29 is 13.6 Å². The lowest BCUT2D eigenvalue weighted by molar-refractivity contribution is 0.0946. The van der Waals surface area contributed by atoms with E-state index < -0.39 is 11.6 Å². The number of hydrogen-bond acceptors (Lipinski definition) is 4. The fraction of sp³-hybridized carbons (Fsp3) is 0.312. The molecule has 2 rings (SSSR count). The van der Waals surface area contributed by atoms with Gasteiger partial charge in [0.1, 0.15) is 0 Å². The van der Waals surface area contributed by atoms with Crippen LogP contribution in [0.4, 0.5) is 20.3 Å². The molecule has 0 radical (unpaired) electrons. The molecule has 0 aliphatic rings. The highest BCUT2D eigenvalue weighted by molar-refractivity contribution is 5.92. The summed E-state index contributed by atoms with van der Waals surface area (Å²) in [6.07, 6.45) is 0.884. The maximum Gasteiger partial charge on any atom is 0.271 e. The Labute approximate surface area is 133 Å². The van der Waals surface area contributed by atoms with E-state index in [-0.39, 0.29) is 11.6 Å². The molecule has 1 aromatic carbocycles. The van der Waals surface area contributed by atoms with Gasteiger partial charge in [-0.1, -0.05) is 13.8 Å². The highest BCUT2D eigenvalue weighted by Crippen LogP contribution is 2.17. The van der Waals surface area contributed by atoms with E-state index in [1.165, 1.54) is 12.1 Å². The molecule has 1 heterocycles. The van der Waals surface area contributed by atoms with Crippen molar-refractivity contribution in [2.75, 3.05) is 11.9 Å². The van der Waals surface area contributed by atoms with Gasteiger partial charge in [-0.2, -0.15) is 0 Å². The summed E-state index contributed by atoms with van der Waals surface area (Å²) in [6, 6.07) is 6.48. The number of nitrogens with zero attached hydrogens (tertiary/aromatic N) is 2. The molecule has 0 fully saturated rings. The van der Waals surface area contributed by atoms with Crippen LogP contribution in [-0.2, 0) is 0 Å². The second kappa shape index (κ2) is 7.62. The zero-order chi connectivity index (χ0) is 16.8. The number of benzene rings is 1. The molecule has 0 aliphatic heterocycles. The summed E-state index contributed by atoms with van der Waals surface area (Å²) in [5, 5.41) is 13.2. The summed E-state index contributed by atoms with van der Waals surface area (Å²) < 4.78 is 26.0. The average Bonchev–Trinajstić information content (AvgIpc) is 2.51. The van der Waals surface area contributed by atoms with Crippen LogP contribution in [0.25, 0.3) is 0 Å². The molecule has 0 bridgehead atoms. The predicted molar refractivity (Wildman–Crippen MR) is 83.5 cm³/mol. The van der Waals surface area contributed by atoms with E-state index in [1.807, 2.05) is 0 Å². The lowest BCUT2D eigenvalue weighted by Gasteiger charge is -2.08. The minimum absolute atomic E-state index is 0.199. The van der Waals surface area contributed by atoms with E-state index in [0.29, 0.717) is 24.0 Å². The molecule has 0 saturated carbocycles. The first kappa shape index (κ1) is 16.8. The fourth-order valence-corrected chi connectivity index (χ4v) is 1.81. The van der Waals surface area contributed by atoms with Gasteiger partial charge in [0, 0.05) is 18.3 Å². The second-order valence-corrected chi connectivity index (χ2v) is 5.50. The molecule has 1 amide bonds. The Bertz CT molecular complexity index is 674. The summed E-state index contributed by atoms with van der Waals surface area (Å²) in [6.45, 7) is 4.72. The third-order valence-corrected chi connectivity index (χ3v) is 3.10. The van der Waals surface area contributed by atoms with Crippen LogP contribution >= 0.6 is 0 Å². The van der Waals surface area contributed by atoms with E-state index in [0.717, 1.165) is 18.6 Å². The molecule has 1 aromatic heterocycles. The first-order valence-corrected chi connectivity index (χ1v) is 7.29. The lowest BCUT2D eigenvalue weighted by atomic mass is 10.1. The number of carbonyl (C=O) groups is 1. The fourth-order valence-electron chi connectivity index (χ4n) is 1.81. The van der Waals surface area contributed by atoms with E-state index in [9.17, 15) is 13.6 Å². The molecular weight excluding hydrogens is 302 g/mol. The molecular formula is C16H18F2N4O. The summed E-state index contributed by atoms with van der Waals surface area (Å²) in [5.74, 6) is -1.34. The molecule has 0 spiro atoms. The maximum absolute atomic E-state index is 13.1. The quantitative estimate of drug-likeness (QED) is 0.857. The summed E-state index contributed by atoms with van der Waals surface area (Å²) in [7, 11) is 0. The summed E-state index contributed by atoms with van der Waals surface area (Å²) in [4.78, 5) is 11.9. The Kier molecular flexibility index (Phi) is 5.56. The SMILES string of the molecule is CC(C)CCNC(=O)c1ccc(Nc2ccc(F)c(F)c2)nn1. The third kappa shape index (κ3) is 4.98. The van der Waals surface area contributed by atoms with Gasteiger partial charge in [-0.05, 0) is 36.6 Å². The van der Waals surface area contributed by atoms with Gasteiger partial charge in [-0.25, -0.2) is 8.78 Å². The first-order valence-electron chi connectivity index (χ1n) is 7.29. The standard InChI is InChI=1S/C16H18F2N4O/c1-10(2)7-8-19-16(23)14-5-6-15(22-21-14)20-11-3-4-12(17)13(18)9-11/h3-6,9-10H,7-8H2,1-2H3,(H,19,23)(H,20,22). The molecule has 23 heavy (non-hydrogen) atoms. The number of nitrogens with one attached hydrogen (secondary N) is 2. The van der Waals surface area contributed by atoms with Crippen LogP contribution in [0.2, 0.25) is 0 Å². The van der Waals surface area contributed by atoms with E-state index in [2.05, 4.69) is 34.7 Å². The van der Waals surface area contributed by atoms with Gasteiger partial charge in [0.25, 0.3) is 5.91 Å². The molecule has 2 aromatic rings. The van der Waals surface area contributed by atoms with Crippen molar-refractivity contribution >= 4 is 17.4 Å². The number of hydrogen-bond donors (Lipinski definition) is 2. The highest BCUT2D eigenvalue weighted by Gasteiger charge is 2.09. The van der Waals surface area contributed by atoms with Gasteiger partial charge in [0.15, 0.2) is 23.1 Å². The van der Waals surface area contributed by atoms with E-state index in [4.69, 9.17) is 0 Å². The van der Waals surface area contributed by atoms with Crippen molar-refractivity contribution in [3.05, 3.63) is 47.7 Å². The number of amides is 1. The van der Waals surface area contributed by atoms with Crippen molar-refractivity contribution in [2.24, 2.45) is 5.92 Å². The Morgan fingerprint density at radius 3 is 2.52 bits per heavy atom. The Hall–Kier alpha value is -2.57. The van der Waals surface area contributed by atoms with E-state index in [1.54, 1.807) is 6.07 Å². The molecule has 2 N–H and O–H groups in total. The summed E-state index contributed by atoms with van der Waals surface area (Å²) in [5.41, 5.74) is 0.539. The number of rotatable bonds is 6. The van der Waals surface area contributed by atoms with Gasteiger partial charge in [0.2, 0.25) is 0 Å². The van der Waals surface area contributed by atoms with Crippen molar-refractivity contribution in [1.82, 2.24) is 15.5 Å². The lowest BCUT2D eigenvalue weighted by Crippen LogP contribution is -2.26. The van der Waals surface area contributed by atoms with Crippen molar-refractivity contribution in [3.8, 4) is 0 Å². The number of halogens is 2. The average molecular weight is 320 g/mol. The Morgan fingerprint density at radius 1 is 1.13 bits per heavy atom. The molecule has 5 nitrogen and oxygen atoms in total. The van der Waals surface area contributed by atoms with Gasteiger partial charge < -0.3 is 10.6 Å². The number of carbonyl (C=O) groups excluding carboxylic acids is 1. The Balaban J connectivity index is 1.96. The second-order valence-electron chi connectivity index (χ2n) is 5.50. The van der Waals surface area contributed by atoms with Gasteiger partial charge in [-0.15, -0.1) is 10.2 Å². The molecule has 122 valence electrons. The smallest absolute Gasteiger partial charge is 0.271 e. The van der Waals surface area contributed by atoms with Crippen LogP contribution in [0.5, 0.6) is 0 Å². The Morgan fingerprint density at radius 2 is 1.91 bits per heavy atom. The van der Waals surface area contributed by atoms with Gasteiger partial charge in [0.05, 0.1) is 0 Å². The molecule has 0 aliphatic carbocycles. The largest absolute Gasteiger partial charge is 0.351 e. The number of aromatic nitrogens is 2. The van der Waals surface area contributed by atoms with Gasteiger partial charge >= 0.3 is 0 Å². The minimum atomic E-state index is -0.955. The summed E-state index contributed by atoms with van der Waals surface area (Å²) >= 11 is 0. The maximum atomic E-state index is 13.1. The normalized spacial score (nSPS) is 10.7. The van der Waals surface area contributed by atoms with Crippen LogP contribution < -0.4 is 10.6 Å². The molecule has 0 saturated heterocycles. The first-order chi connectivity index (χ1) is 11.0. The van der Waals surface area contributed by atoms with Gasteiger partial charge in [-0.3, -0.25) is 4.79 Å². The zero-order valence-corrected chi connectivity index (χ0v) is 12.9. The third-order valence-electron chi connectivity index (χ3n) is 3.10. The highest BCUT2D eigenvalue weighted by atomic mass is 19.2. The van der Waals surface area contributed by atoms with Crippen LogP contribution in [0.1, 0.15) is 30.8 Å². The molecule has 0 unspecified atom stereocenters. The van der Waals surface area contributed by atoms with Crippen molar-refractivity contribution in [2.45, 2.75) is 20.3 Å².